The van der Waals surface area contributed by atoms with E-state index < -0.39 is 0 Å². The predicted molar refractivity (Wildman–Crippen MR) is 93.8 cm³/mol. The van der Waals surface area contributed by atoms with Crippen molar-refractivity contribution in [3.05, 3.63) is 50.5 Å². The summed E-state index contributed by atoms with van der Waals surface area (Å²) >= 11 is 3.04. The number of thiophene rings is 1. The number of hydrogen-bond acceptors (Lipinski definition) is 3. The highest BCUT2D eigenvalue weighted by molar-refractivity contribution is 7.16. The van der Waals surface area contributed by atoms with Crippen molar-refractivity contribution in [1.82, 2.24) is 4.57 Å². The van der Waals surface area contributed by atoms with Gasteiger partial charge in [-0.2, -0.15) is 4.99 Å². The topological polar surface area (TPSA) is 34.4 Å². The van der Waals surface area contributed by atoms with Gasteiger partial charge in [0.05, 0.1) is 15.1 Å². The van der Waals surface area contributed by atoms with Gasteiger partial charge in [0, 0.05) is 6.54 Å². The van der Waals surface area contributed by atoms with Crippen molar-refractivity contribution in [3.63, 3.8) is 0 Å². The molecule has 114 valence electrons. The van der Waals surface area contributed by atoms with Gasteiger partial charge in [0.25, 0.3) is 5.91 Å². The van der Waals surface area contributed by atoms with Crippen LogP contribution < -0.4 is 4.80 Å². The van der Waals surface area contributed by atoms with Gasteiger partial charge in [-0.25, -0.2) is 0 Å². The molecule has 3 rings (SSSR count). The molecule has 2 aromatic heterocycles. The molecule has 0 saturated carbocycles. The Labute approximate surface area is 137 Å². The Morgan fingerprint density at radius 3 is 2.82 bits per heavy atom. The number of hydrogen-bond donors (Lipinski definition) is 0. The van der Waals surface area contributed by atoms with Crippen LogP contribution in [0.2, 0.25) is 0 Å². The van der Waals surface area contributed by atoms with Crippen molar-refractivity contribution in [2.75, 3.05) is 0 Å². The van der Waals surface area contributed by atoms with Gasteiger partial charge in [-0.3, -0.25) is 4.79 Å². The summed E-state index contributed by atoms with van der Waals surface area (Å²) < 4.78 is 3.39. The van der Waals surface area contributed by atoms with Crippen LogP contribution in [0.25, 0.3) is 10.2 Å². The molecular weight excluding hydrogens is 312 g/mol. The number of nitrogens with zero attached hydrogens (tertiary/aromatic N) is 2. The molecule has 0 spiro atoms. The van der Waals surface area contributed by atoms with E-state index in [-0.39, 0.29) is 5.91 Å². The van der Waals surface area contributed by atoms with Gasteiger partial charge in [-0.1, -0.05) is 30.4 Å². The highest BCUT2D eigenvalue weighted by atomic mass is 32.1. The minimum absolute atomic E-state index is 0.152. The second-order valence-electron chi connectivity index (χ2n) is 5.36. The van der Waals surface area contributed by atoms with E-state index in [2.05, 4.69) is 42.5 Å². The molecule has 5 heteroatoms. The van der Waals surface area contributed by atoms with Crippen LogP contribution in [0.5, 0.6) is 0 Å². The van der Waals surface area contributed by atoms with Gasteiger partial charge < -0.3 is 4.57 Å². The van der Waals surface area contributed by atoms with Crippen molar-refractivity contribution in [1.29, 1.82) is 0 Å². The van der Waals surface area contributed by atoms with E-state index in [1.54, 1.807) is 11.3 Å². The van der Waals surface area contributed by atoms with Gasteiger partial charge in [0.1, 0.15) is 0 Å². The van der Waals surface area contributed by atoms with Crippen LogP contribution in [0, 0.1) is 13.8 Å². The lowest BCUT2D eigenvalue weighted by molar-refractivity contribution is 0.100. The maximum Gasteiger partial charge on any atom is 0.289 e. The first-order chi connectivity index (χ1) is 10.6. The Bertz CT molecular complexity index is 885. The molecule has 0 unspecified atom stereocenters. The molecule has 3 aromatic rings. The second kappa shape index (κ2) is 6.18. The van der Waals surface area contributed by atoms with Crippen LogP contribution in [0.15, 0.2) is 34.6 Å². The molecule has 0 aliphatic carbocycles. The average molecular weight is 330 g/mol. The number of aromatic nitrogens is 1. The summed E-state index contributed by atoms with van der Waals surface area (Å²) in [6.07, 6.45) is 1.01. The molecule has 3 nitrogen and oxygen atoms in total. The highest BCUT2D eigenvalue weighted by Crippen LogP contribution is 2.23. The fourth-order valence-corrected chi connectivity index (χ4v) is 4.29. The summed E-state index contributed by atoms with van der Waals surface area (Å²) in [7, 11) is 0. The van der Waals surface area contributed by atoms with E-state index >= 15 is 0 Å². The monoisotopic (exact) mass is 330 g/mol. The van der Waals surface area contributed by atoms with Crippen molar-refractivity contribution in [2.24, 2.45) is 4.99 Å². The number of thiazole rings is 1. The van der Waals surface area contributed by atoms with Crippen molar-refractivity contribution in [3.8, 4) is 0 Å². The van der Waals surface area contributed by atoms with Crippen molar-refractivity contribution < 1.29 is 4.79 Å². The predicted octanol–water partition coefficient (Wildman–Crippen LogP) is 4.53. The maximum atomic E-state index is 12.3. The number of rotatable bonds is 3. The zero-order valence-electron chi connectivity index (χ0n) is 12.9. The summed E-state index contributed by atoms with van der Waals surface area (Å²) in [4.78, 5) is 18.2. The molecule has 0 saturated heterocycles. The Hall–Kier alpha value is -1.72. The fraction of sp³-hybridized carbons (Fsp3) is 0.294. The van der Waals surface area contributed by atoms with E-state index in [1.165, 1.54) is 32.7 Å². The Morgan fingerprint density at radius 2 is 2.14 bits per heavy atom. The van der Waals surface area contributed by atoms with E-state index in [4.69, 9.17) is 0 Å². The smallest absolute Gasteiger partial charge is 0.289 e. The Balaban J connectivity index is 2.22. The van der Waals surface area contributed by atoms with E-state index in [0.717, 1.165) is 17.8 Å². The number of amides is 1. The van der Waals surface area contributed by atoms with Crippen LogP contribution in [-0.2, 0) is 6.54 Å². The first kappa shape index (κ1) is 15.2. The molecule has 0 fully saturated rings. The molecule has 1 aromatic carbocycles. The summed E-state index contributed by atoms with van der Waals surface area (Å²) in [6.45, 7) is 7.24. The van der Waals surface area contributed by atoms with Crippen LogP contribution in [0.4, 0.5) is 0 Å². The molecule has 1 amide bonds. The number of carbonyl (C=O) groups excluding carboxylic acids is 1. The molecular formula is C17H18N2OS2. The van der Waals surface area contributed by atoms with Gasteiger partial charge in [0.15, 0.2) is 4.80 Å². The number of fused-ring (bicyclic) bond motifs is 1. The molecule has 0 radical (unpaired) electrons. The zero-order chi connectivity index (χ0) is 15.7. The van der Waals surface area contributed by atoms with Crippen molar-refractivity contribution >= 4 is 38.8 Å². The normalized spacial score (nSPS) is 12.2. The summed E-state index contributed by atoms with van der Waals surface area (Å²) in [5.41, 5.74) is 3.67. The lowest BCUT2D eigenvalue weighted by Gasteiger charge is -2.04. The first-order valence-electron chi connectivity index (χ1n) is 7.33. The summed E-state index contributed by atoms with van der Waals surface area (Å²) in [6, 6.07) is 8.07. The molecule has 0 atom stereocenters. The van der Waals surface area contributed by atoms with Gasteiger partial charge in [-0.05, 0) is 48.9 Å². The fourth-order valence-electron chi connectivity index (χ4n) is 2.58. The van der Waals surface area contributed by atoms with Gasteiger partial charge in [0.2, 0.25) is 0 Å². The molecule has 0 aliphatic rings. The number of benzene rings is 1. The summed E-state index contributed by atoms with van der Waals surface area (Å²) in [5.74, 6) is -0.152. The minimum Gasteiger partial charge on any atom is -0.316 e. The van der Waals surface area contributed by atoms with E-state index in [0.29, 0.717) is 4.88 Å². The van der Waals surface area contributed by atoms with Gasteiger partial charge in [-0.15, -0.1) is 11.3 Å². The minimum atomic E-state index is -0.152. The van der Waals surface area contributed by atoms with Crippen LogP contribution in [0.3, 0.4) is 0 Å². The lowest BCUT2D eigenvalue weighted by Crippen LogP contribution is -2.16. The highest BCUT2D eigenvalue weighted by Gasteiger charge is 2.11. The quantitative estimate of drug-likeness (QED) is 0.694. The number of carbonyl (C=O) groups is 1. The Kier molecular flexibility index (Phi) is 4.27. The SMILES string of the molecule is CCCn1c(=NC(=O)c2cccs2)sc2c(C)cc(C)cc21. The largest absolute Gasteiger partial charge is 0.316 e. The average Bonchev–Trinajstić information content (AvgIpc) is 3.09. The third-order valence-corrected chi connectivity index (χ3v) is 5.58. The van der Waals surface area contributed by atoms with Crippen LogP contribution >= 0.6 is 22.7 Å². The first-order valence-corrected chi connectivity index (χ1v) is 9.03. The maximum absolute atomic E-state index is 12.3. The van der Waals surface area contributed by atoms with Crippen molar-refractivity contribution in [2.45, 2.75) is 33.7 Å². The molecule has 0 N–H and O–H groups in total. The van der Waals surface area contributed by atoms with Crippen LogP contribution in [0.1, 0.15) is 34.1 Å². The third kappa shape index (κ3) is 2.78. The Morgan fingerprint density at radius 1 is 1.32 bits per heavy atom. The summed E-state index contributed by atoms with van der Waals surface area (Å²) in [5, 5.41) is 1.90. The third-order valence-electron chi connectivity index (χ3n) is 3.49. The molecule has 22 heavy (non-hydrogen) atoms. The lowest BCUT2D eigenvalue weighted by atomic mass is 10.1. The van der Waals surface area contributed by atoms with Crippen LogP contribution in [-0.4, -0.2) is 10.5 Å². The number of aryl methyl sites for hydroxylation is 3. The molecule has 0 bridgehead atoms. The van der Waals surface area contributed by atoms with E-state index in [1.807, 2.05) is 17.5 Å². The van der Waals surface area contributed by atoms with Gasteiger partial charge >= 0.3 is 0 Å². The standard InChI is InChI=1S/C17H18N2OS2/c1-4-7-19-13-10-11(2)9-12(3)15(13)22-17(19)18-16(20)14-6-5-8-21-14/h5-6,8-10H,4,7H2,1-3H3. The zero-order valence-corrected chi connectivity index (χ0v) is 14.6. The molecule has 0 aliphatic heterocycles. The second-order valence-corrected chi connectivity index (χ2v) is 7.29. The van der Waals surface area contributed by atoms with E-state index in [9.17, 15) is 4.79 Å². The molecule has 2 heterocycles.